The second-order valence-corrected chi connectivity index (χ2v) is 6.37. The van der Waals surface area contributed by atoms with E-state index in [9.17, 15) is 32.9 Å². The van der Waals surface area contributed by atoms with Crippen LogP contribution in [-0.4, -0.2) is 29.9 Å². The first-order valence-corrected chi connectivity index (χ1v) is 8.93. The molecule has 0 unspecified atom stereocenters. The van der Waals surface area contributed by atoms with Gasteiger partial charge < -0.3 is 10.1 Å². The van der Waals surface area contributed by atoms with Gasteiger partial charge in [-0.05, 0) is 36.8 Å². The number of carbonyl (C=O) groups excluding carboxylic acids is 2. The van der Waals surface area contributed by atoms with Crippen LogP contribution >= 0.6 is 0 Å². The summed E-state index contributed by atoms with van der Waals surface area (Å²) in [4.78, 5) is 33.5. The van der Waals surface area contributed by atoms with Crippen LogP contribution in [0.5, 0.6) is 5.75 Å². The molecule has 0 radical (unpaired) electrons. The molecule has 2 aromatic rings. The number of aryl methyl sites for hydroxylation is 1. The molecule has 0 aliphatic rings. The van der Waals surface area contributed by atoms with E-state index in [-0.39, 0.29) is 25.3 Å². The summed E-state index contributed by atoms with van der Waals surface area (Å²) in [6.07, 6.45) is -4.93. The second-order valence-electron chi connectivity index (χ2n) is 6.37. The van der Waals surface area contributed by atoms with Gasteiger partial charge in [0.2, 0.25) is 5.91 Å². The number of halogens is 3. The fourth-order valence-electron chi connectivity index (χ4n) is 2.41. The van der Waals surface area contributed by atoms with Crippen molar-refractivity contribution in [1.82, 2.24) is 10.9 Å². The lowest BCUT2D eigenvalue weighted by atomic mass is 10.1. The van der Waals surface area contributed by atoms with Crippen molar-refractivity contribution in [2.75, 3.05) is 18.5 Å². The molecule has 3 N–H and O–H groups in total. The average Bonchev–Trinajstić information content (AvgIpc) is 2.70. The Labute approximate surface area is 174 Å². The maximum absolute atomic E-state index is 12.7. The van der Waals surface area contributed by atoms with E-state index in [1.165, 1.54) is 0 Å². The number of alkyl halides is 3. The summed E-state index contributed by atoms with van der Waals surface area (Å²) in [7, 11) is 0. The lowest BCUT2D eigenvalue weighted by molar-refractivity contribution is -0.384. The largest absolute Gasteiger partial charge is 0.484 e. The molecule has 0 aliphatic heterocycles. The Morgan fingerprint density at radius 1 is 1.10 bits per heavy atom. The highest BCUT2D eigenvalue weighted by molar-refractivity contribution is 5.83. The molecule has 0 spiro atoms. The molecule has 0 aliphatic carbocycles. The van der Waals surface area contributed by atoms with Gasteiger partial charge in [-0.25, -0.2) is 0 Å². The summed E-state index contributed by atoms with van der Waals surface area (Å²) in [5.74, 6) is -0.740. The van der Waals surface area contributed by atoms with Gasteiger partial charge in [-0.2, -0.15) is 13.2 Å². The first-order valence-electron chi connectivity index (χ1n) is 8.93. The number of hydrogen-bond acceptors (Lipinski definition) is 6. The number of nitrogens with zero attached hydrogens (tertiary/aromatic N) is 1. The van der Waals surface area contributed by atoms with Crippen molar-refractivity contribution < 1.29 is 32.4 Å². The Bertz CT molecular complexity index is 966. The molecule has 2 amide bonds. The monoisotopic (exact) mass is 440 g/mol. The van der Waals surface area contributed by atoms with E-state index in [4.69, 9.17) is 4.74 Å². The van der Waals surface area contributed by atoms with Crippen molar-refractivity contribution in [3.05, 3.63) is 63.7 Å². The molecule has 0 saturated heterocycles. The SMILES string of the molecule is Cc1cccc(OCC(=O)NNC(=O)CCNc2ccc(C(F)(F)F)cc2[N+](=O)[O-])c1. The Morgan fingerprint density at radius 2 is 1.81 bits per heavy atom. The van der Waals surface area contributed by atoms with Crippen molar-refractivity contribution in [2.24, 2.45) is 0 Å². The van der Waals surface area contributed by atoms with E-state index in [0.717, 1.165) is 11.6 Å². The highest BCUT2D eigenvalue weighted by Gasteiger charge is 2.33. The summed E-state index contributed by atoms with van der Waals surface area (Å²) in [5, 5.41) is 13.6. The van der Waals surface area contributed by atoms with Crippen LogP contribution in [0.4, 0.5) is 24.5 Å². The summed E-state index contributed by atoms with van der Waals surface area (Å²) in [6.45, 7) is 1.41. The number of rotatable bonds is 8. The van der Waals surface area contributed by atoms with Crippen molar-refractivity contribution in [3.8, 4) is 5.75 Å². The summed E-state index contributed by atoms with van der Waals surface area (Å²) in [5.41, 5.74) is 3.15. The van der Waals surface area contributed by atoms with E-state index in [1.54, 1.807) is 18.2 Å². The third kappa shape index (κ3) is 7.49. The van der Waals surface area contributed by atoms with Crippen molar-refractivity contribution in [2.45, 2.75) is 19.5 Å². The quantitative estimate of drug-likeness (QED) is 0.429. The Balaban J connectivity index is 1.77. The first-order chi connectivity index (χ1) is 14.6. The van der Waals surface area contributed by atoms with Gasteiger partial charge in [-0.3, -0.25) is 30.6 Å². The fraction of sp³-hybridized carbons (Fsp3) is 0.263. The third-order valence-electron chi connectivity index (χ3n) is 3.89. The Kier molecular flexibility index (Phi) is 7.77. The molecule has 0 fully saturated rings. The molecule has 0 heterocycles. The summed E-state index contributed by atoms with van der Waals surface area (Å²) < 4.78 is 43.4. The highest BCUT2D eigenvalue weighted by Crippen LogP contribution is 2.34. The fourth-order valence-corrected chi connectivity index (χ4v) is 2.41. The van der Waals surface area contributed by atoms with Crippen LogP contribution in [-0.2, 0) is 15.8 Å². The Morgan fingerprint density at radius 3 is 2.45 bits per heavy atom. The molecule has 2 aromatic carbocycles. The minimum Gasteiger partial charge on any atom is -0.484 e. The van der Waals surface area contributed by atoms with Crippen LogP contribution in [0.15, 0.2) is 42.5 Å². The van der Waals surface area contributed by atoms with Crippen LogP contribution in [0, 0.1) is 17.0 Å². The first kappa shape index (κ1) is 23.4. The number of benzene rings is 2. The lowest BCUT2D eigenvalue weighted by Gasteiger charge is -2.11. The zero-order valence-electron chi connectivity index (χ0n) is 16.3. The third-order valence-corrected chi connectivity index (χ3v) is 3.89. The van der Waals surface area contributed by atoms with E-state index < -0.39 is 34.2 Å². The molecular formula is C19H19F3N4O5. The van der Waals surface area contributed by atoms with Gasteiger partial charge in [-0.15, -0.1) is 0 Å². The zero-order valence-corrected chi connectivity index (χ0v) is 16.3. The molecule has 9 nitrogen and oxygen atoms in total. The predicted molar refractivity (Wildman–Crippen MR) is 104 cm³/mol. The topological polar surface area (TPSA) is 123 Å². The molecule has 2 rings (SSSR count). The standard InChI is InChI=1S/C19H19F3N4O5/c1-12-3-2-4-14(9-12)31-11-18(28)25-24-17(27)7-8-23-15-6-5-13(19(20,21)22)10-16(15)26(29)30/h2-6,9-10,23H,7-8,11H2,1H3,(H,24,27)(H,25,28). The number of anilines is 1. The number of nitro benzene ring substituents is 1. The van der Waals surface area contributed by atoms with Crippen LogP contribution in [0.2, 0.25) is 0 Å². The van der Waals surface area contributed by atoms with Gasteiger partial charge in [0.05, 0.1) is 10.5 Å². The zero-order chi connectivity index (χ0) is 23.0. The van der Waals surface area contributed by atoms with E-state index in [0.29, 0.717) is 17.9 Å². The number of ether oxygens (including phenoxy) is 1. The predicted octanol–water partition coefficient (Wildman–Crippen LogP) is 2.95. The highest BCUT2D eigenvalue weighted by atomic mass is 19.4. The van der Waals surface area contributed by atoms with Gasteiger partial charge in [0.15, 0.2) is 6.61 Å². The summed E-state index contributed by atoms with van der Waals surface area (Å²) >= 11 is 0. The molecule has 0 aromatic heterocycles. The maximum Gasteiger partial charge on any atom is 0.416 e. The van der Waals surface area contributed by atoms with Crippen LogP contribution in [0.25, 0.3) is 0 Å². The molecule has 12 heteroatoms. The van der Waals surface area contributed by atoms with Crippen molar-refractivity contribution in [1.29, 1.82) is 0 Å². The molecule has 166 valence electrons. The van der Waals surface area contributed by atoms with Gasteiger partial charge in [0.25, 0.3) is 11.6 Å². The molecule has 31 heavy (non-hydrogen) atoms. The van der Waals surface area contributed by atoms with Crippen LogP contribution in [0.3, 0.4) is 0 Å². The second kappa shape index (κ2) is 10.3. The normalized spacial score (nSPS) is 10.8. The van der Waals surface area contributed by atoms with Crippen LogP contribution in [0.1, 0.15) is 17.5 Å². The lowest BCUT2D eigenvalue weighted by Crippen LogP contribution is -2.44. The number of amides is 2. The average molecular weight is 440 g/mol. The van der Waals surface area contributed by atoms with Gasteiger partial charge in [-0.1, -0.05) is 12.1 Å². The maximum atomic E-state index is 12.7. The van der Waals surface area contributed by atoms with E-state index in [1.807, 2.05) is 13.0 Å². The van der Waals surface area contributed by atoms with Gasteiger partial charge >= 0.3 is 6.18 Å². The number of nitro groups is 1. The number of hydrazine groups is 1. The van der Waals surface area contributed by atoms with Crippen molar-refractivity contribution in [3.63, 3.8) is 0 Å². The number of nitrogens with one attached hydrogen (secondary N) is 3. The molecule has 0 bridgehead atoms. The number of hydrogen-bond donors (Lipinski definition) is 3. The summed E-state index contributed by atoms with van der Waals surface area (Å²) in [6, 6.07) is 9.06. The van der Waals surface area contributed by atoms with Crippen LogP contribution < -0.4 is 20.9 Å². The van der Waals surface area contributed by atoms with Crippen molar-refractivity contribution >= 4 is 23.2 Å². The molecule has 0 saturated carbocycles. The smallest absolute Gasteiger partial charge is 0.416 e. The molecular weight excluding hydrogens is 421 g/mol. The van der Waals surface area contributed by atoms with Gasteiger partial charge in [0, 0.05) is 19.0 Å². The minimum atomic E-state index is -4.72. The van der Waals surface area contributed by atoms with Gasteiger partial charge in [0.1, 0.15) is 11.4 Å². The van der Waals surface area contributed by atoms with E-state index in [2.05, 4.69) is 16.2 Å². The van der Waals surface area contributed by atoms with E-state index >= 15 is 0 Å². The minimum absolute atomic E-state index is 0.117. The number of carbonyl (C=O) groups is 2. The Hall–Kier alpha value is -3.83. The molecule has 0 atom stereocenters.